The van der Waals surface area contributed by atoms with Crippen molar-refractivity contribution in [2.45, 2.75) is 26.8 Å². The lowest BCUT2D eigenvalue weighted by atomic mass is 9.71. The minimum absolute atomic E-state index is 0.0878. The first kappa shape index (κ1) is 14.5. The van der Waals surface area contributed by atoms with Gasteiger partial charge in [0, 0.05) is 12.3 Å². The van der Waals surface area contributed by atoms with Crippen LogP contribution in [0, 0.1) is 21.4 Å². The highest BCUT2D eigenvalue weighted by Gasteiger charge is 2.42. The molecule has 3 rings (SSSR count). The maximum absolute atomic E-state index is 12.3. The fourth-order valence-electron chi connectivity index (χ4n) is 3.36. The zero-order valence-corrected chi connectivity index (χ0v) is 12.8. The van der Waals surface area contributed by atoms with Gasteiger partial charge in [-0.25, -0.2) is 0 Å². The minimum atomic E-state index is -0.371. The van der Waals surface area contributed by atoms with Crippen LogP contribution in [0.3, 0.4) is 0 Å². The molecule has 0 saturated heterocycles. The van der Waals surface area contributed by atoms with Gasteiger partial charge in [0.25, 0.3) is 5.69 Å². The fourth-order valence-corrected chi connectivity index (χ4v) is 3.36. The number of hydrogen-bond acceptors (Lipinski definition) is 4. The Balaban J connectivity index is 2.14. The van der Waals surface area contributed by atoms with Crippen LogP contribution in [0.1, 0.15) is 26.3 Å². The molecular weight excluding hydrogens is 280 g/mol. The van der Waals surface area contributed by atoms with Crippen LogP contribution < -0.4 is 4.90 Å². The quantitative estimate of drug-likeness (QED) is 0.587. The second kappa shape index (κ2) is 4.80. The average molecular weight is 298 g/mol. The summed E-state index contributed by atoms with van der Waals surface area (Å²) in [5.74, 6) is -0.0755. The zero-order chi connectivity index (χ0) is 16.1. The van der Waals surface area contributed by atoms with Crippen LogP contribution in [0.4, 0.5) is 11.4 Å². The molecule has 0 aliphatic carbocycles. The van der Waals surface area contributed by atoms with Crippen molar-refractivity contribution in [2.75, 3.05) is 4.90 Å². The monoisotopic (exact) mass is 298 g/mol. The molecule has 2 aliphatic heterocycles. The van der Waals surface area contributed by atoms with Gasteiger partial charge < -0.3 is 4.90 Å². The lowest BCUT2D eigenvalue weighted by Gasteiger charge is -2.44. The van der Waals surface area contributed by atoms with E-state index in [4.69, 9.17) is 0 Å². The van der Waals surface area contributed by atoms with Gasteiger partial charge in [0.15, 0.2) is 5.78 Å². The molecule has 1 aromatic rings. The Bertz CT molecular complexity index is 713. The van der Waals surface area contributed by atoms with E-state index in [0.717, 1.165) is 5.69 Å². The Morgan fingerprint density at radius 2 is 1.95 bits per heavy atom. The van der Waals surface area contributed by atoms with Crippen molar-refractivity contribution in [3.63, 3.8) is 0 Å². The lowest BCUT2D eigenvalue weighted by Crippen LogP contribution is -2.49. The SMILES string of the molecule is CC(C)(C)[C@@H]1C(=O)C=CN2c3cccc([N+](=O)[O-])c3C=C[C@H]12. The van der Waals surface area contributed by atoms with Crippen molar-refractivity contribution in [2.24, 2.45) is 11.3 Å². The topological polar surface area (TPSA) is 63.5 Å². The van der Waals surface area contributed by atoms with Crippen molar-refractivity contribution in [1.29, 1.82) is 0 Å². The molecule has 114 valence electrons. The number of nitro benzene ring substituents is 1. The summed E-state index contributed by atoms with van der Waals surface area (Å²) in [6.45, 7) is 6.14. The molecule has 0 fully saturated rings. The van der Waals surface area contributed by atoms with Gasteiger partial charge in [-0.15, -0.1) is 0 Å². The lowest BCUT2D eigenvalue weighted by molar-refractivity contribution is -0.385. The molecule has 0 unspecified atom stereocenters. The minimum Gasteiger partial charge on any atom is -0.339 e. The maximum Gasteiger partial charge on any atom is 0.278 e. The Kier molecular flexibility index (Phi) is 3.16. The highest BCUT2D eigenvalue weighted by molar-refractivity contribution is 5.97. The van der Waals surface area contributed by atoms with Crippen LogP contribution in [0.2, 0.25) is 0 Å². The zero-order valence-electron chi connectivity index (χ0n) is 12.8. The Hall–Kier alpha value is -2.43. The van der Waals surface area contributed by atoms with Crippen molar-refractivity contribution in [3.05, 3.63) is 52.2 Å². The van der Waals surface area contributed by atoms with E-state index >= 15 is 0 Å². The molecule has 2 atom stereocenters. The first-order chi connectivity index (χ1) is 10.3. The van der Waals surface area contributed by atoms with Crippen LogP contribution >= 0.6 is 0 Å². The summed E-state index contributed by atoms with van der Waals surface area (Å²) in [7, 11) is 0. The molecule has 0 aromatic heterocycles. The van der Waals surface area contributed by atoms with Gasteiger partial charge in [-0.1, -0.05) is 32.9 Å². The number of nitrogens with zero attached hydrogens (tertiary/aromatic N) is 2. The Morgan fingerprint density at radius 1 is 1.23 bits per heavy atom. The number of carbonyl (C=O) groups excluding carboxylic acids is 1. The molecule has 0 spiro atoms. The molecule has 0 bridgehead atoms. The molecule has 0 saturated carbocycles. The van der Waals surface area contributed by atoms with Gasteiger partial charge in [0.05, 0.1) is 28.1 Å². The van der Waals surface area contributed by atoms with E-state index in [2.05, 4.69) is 0 Å². The summed E-state index contributed by atoms with van der Waals surface area (Å²) in [6.07, 6.45) is 7.00. The number of anilines is 1. The summed E-state index contributed by atoms with van der Waals surface area (Å²) in [5.41, 5.74) is 1.27. The smallest absolute Gasteiger partial charge is 0.278 e. The molecular formula is C17H18N2O3. The molecule has 2 heterocycles. The summed E-state index contributed by atoms with van der Waals surface area (Å²) >= 11 is 0. The number of carbonyl (C=O) groups is 1. The van der Waals surface area contributed by atoms with Gasteiger partial charge in [-0.05, 0) is 23.6 Å². The van der Waals surface area contributed by atoms with Crippen LogP contribution in [0.15, 0.2) is 36.6 Å². The third-order valence-corrected chi connectivity index (χ3v) is 4.30. The highest BCUT2D eigenvalue weighted by Crippen LogP contribution is 2.43. The summed E-state index contributed by atoms with van der Waals surface area (Å²) in [4.78, 5) is 25.1. The molecule has 1 aromatic carbocycles. The molecule has 0 amide bonds. The highest BCUT2D eigenvalue weighted by atomic mass is 16.6. The second-order valence-corrected chi connectivity index (χ2v) is 6.79. The molecule has 2 aliphatic rings. The van der Waals surface area contributed by atoms with Gasteiger partial charge in [-0.3, -0.25) is 14.9 Å². The largest absolute Gasteiger partial charge is 0.339 e. The number of ketones is 1. The number of nitro groups is 1. The molecule has 22 heavy (non-hydrogen) atoms. The summed E-state index contributed by atoms with van der Waals surface area (Å²) in [5, 5.41) is 11.2. The Morgan fingerprint density at radius 3 is 2.59 bits per heavy atom. The average Bonchev–Trinajstić information content (AvgIpc) is 2.44. The predicted octanol–water partition coefficient (Wildman–Crippen LogP) is 3.56. The molecule has 0 radical (unpaired) electrons. The Labute approximate surface area is 129 Å². The third-order valence-electron chi connectivity index (χ3n) is 4.30. The molecule has 5 heteroatoms. The van der Waals surface area contributed by atoms with Crippen molar-refractivity contribution >= 4 is 23.2 Å². The number of hydrogen-bond donors (Lipinski definition) is 0. The van der Waals surface area contributed by atoms with Gasteiger partial charge in [0.1, 0.15) is 0 Å². The van der Waals surface area contributed by atoms with E-state index in [1.807, 2.05) is 37.8 Å². The van der Waals surface area contributed by atoms with Crippen LogP contribution in [-0.4, -0.2) is 16.7 Å². The molecule has 5 nitrogen and oxygen atoms in total. The van der Waals surface area contributed by atoms with Crippen molar-refractivity contribution in [3.8, 4) is 0 Å². The van der Waals surface area contributed by atoms with Crippen molar-refractivity contribution < 1.29 is 9.72 Å². The second-order valence-electron chi connectivity index (χ2n) is 6.79. The van der Waals surface area contributed by atoms with E-state index in [9.17, 15) is 14.9 Å². The van der Waals surface area contributed by atoms with Crippen LogP contribution in [0.5, 0.6) is 0 Å². The van der Waals surface area contributed by atoms with E-state index in [1.165, 1.54) is 6.07 Å². The third kappa shape index (κ3) is 2.13. The van der Waals surface area contributed by atoms with Gasteiger partial charge >= 0.3 is 0 Å². The fraction of sp³-hybridized carbons (Fsp3) is 0.353. The standard InChI is InChI=1S/C17H18N2O3/c1-17(2,3)16-14-8-7-11-12(18(14)10-9-15(16)20)5-4-6-13(11)19(21)22/h4-10,14,16H,1-3H3/t14-,16+/m1/s1. The number of benzene rings is 1. The van der Waals surface area contributed by atoms with E-state index in [0.29, 0.717) is 5.56 Å². The van der Waals surface area contributed by atoms with E-state index in [-0.39, 0.29) is 33.8 Å². The molecule has 0 N–H and O–H groups in total. The van der Waals surface area contributed by atoms with Gasteiger partial charge in [-0.2, -0.15) is 0 Å². The number of allylic oxidation sites excluding steroid dienone is 1. The first-order valence-electron chi connectivity index (χ1n) is 7.26. The maximum atomic E-state index is 12.3. The van der Waals surface area contributed by atoms with Gasteiger partial charge in [0.2, 0.25) is 0 Å². The van der Waals surface area contributed by atoms with Crippen LogP contribution in [-0.2, 0) is 4.79 Å². The first-order valence-corrected chi connectivity index (χ1v) is 7.26. The number of fused-ring (bicyclic) bond motifs is 3. The van der Waals surface area contributed by atoms with E-state index in [1.54, 1.807) is 24.4 Å². The van der Waals surface area contributed by atoms with Crippen molar-refractivity contribution in [1.82, 2.24) is 0 Å². The predicted molar refractivity (Wildman–Crippen MR) is 85.5 cm³/mol. The normalized spacial score (nSPS) is 23.2. The van der Waals surface area contributed by atoms with Crippen LogP contribution in [0.25, 0.3) is 6.08 Å². The summed E-state index contributed by atoms with van der Waals surface area (Å²) < 4.78 is 0. The van der Waals surface area contributed by atoms with E-state index < -0.39 is 0 Å². The number of rotatable bonds is 1. The summed E-state index contributed by atoms with van der Waals surface area (Å²) in [6, 6.07) is 4.94.